The number of methoxy groups -OCH3 is 1. The predicted molar refractivity (Wildman–Crippen MR) is 103 cm³/mol. The van der Waals surface area contributed by atoms with E-state index >= 15 is 0 Å². The topological polar surface area (TPSA) is 38.8 Å². The monoisotopic (exact) mass is 353 g/mol. The lowest BCUT2D eigenvalue weighted by Gasteiger charge is -2.32. The summed E-state index contributed by atoms with van der Waals surface area (Å²) in [6.07, 6.45) is 3.19. The van der Waals surface area contributed by atoms with Gasteiger partial charge in [0.05, 0.1) is 7.11 Å². The molecule has 138 valence electrons. The summed E-state index contributed by atoms with van der Waals surface area (Å²) in [5.41, 5.74) is 2.31. The summed E-state index contributed by atoms with van der Waals surface area (Å²) in [5.74, 6) is 1.98. The molecule has 26 heavy (non-hydrogen) atoms. The third-order valence-electron chi connectivity index (χ3n) is 4.92. The molecule has 4 heteroatoms. The fourth-order valence-electron chi connectivity index (χ4n) is 3.34. The number of hydrogen-bond donors (Lipinski definition) is 0. The Bertz CT molecular complexity index is 718. The van der Waals surface area contributed by atoms with Gasteiger partial charge < -0.3 is 14.4 Å². The van der Waals surface area contributed by atoms with Gasteiger partial charge in [-0.2, -0.15) is 0 Å². The molecular weight excluding hydrogens is 326 g/mol. The average molecular weight is 353 g/mol. The molecule has 0 saturated carbocycles. The first kappa shape index (κ1) is 18.3. The van der Waals surface area contributed by atoms with Crippen molar-refractivity contribution < 1.29 is 14.3 Å². The van der Waals surface area contributed by atoms with Crippen LogP contribution in [-0.4, -0.2) is 37.1 Å². The molecule has 1 amide bonds. The van der Waals surface area contributed by atoms with E-state index in [1.165, 1.54) is 5.56 Å². The van der Waals surface area contributed by atoms with Gasteiger partial charge in [0.2, 0.25) is 5.91 Å². The van der Waals surface area contributed by atoms with E-state index < -0.39 is 0 Å². The molecule has 3 rings (SSSR count). The standard InChI is InChI=1S/C22H27NO3/c1-17-7-10-19(11-8-17)26-20-13-15-23(16-14-20)22(24)12-9-18-5-3-4-6-21(18)25-2/h3-8,10-11,20H,9,12-16H2,1-2H3. The van der Waals surface area contributed by atoms with Gasteiger partial charge in [-0.05, 0) is 37.1 Å². The number of benzene rings is 2. The summed E-state index contributed by atoms with van der Waals surface area (Å²) in [4.78, 5) is 14.5. The van der Waals surface area contributed by atoms with E-state index in [1.807, 2.05) is 41.3 Å². The first-order valence-electron chi connectivity index (χ1n) is 9.28. The van der Waals surface area contributed by atoms with E-state index in [-0.39, 0.29) is 12.0 Å². The summed E-state index contributed by atoms with van der Waals surface area (Å²) in [6.45, 7) is 3.60. The van der Waals surface area contributed by atoms with Crippen molar-refractivity contribution in [2.24, 2.45) is 0 Å². The summed E-state index contributed by atoms with van der Waals surface area (Å²) >= 11 is 0. The van der Waals surface area contributed by atoms with Gasteiger partial charge in [0, 0.05) is 32.4 Å². The van der Waals surface area contributed by atoms with Crippen LogP contribution in [0.5, 0.6) is 11.5 Å². The lowest BCUT2D eigenvalue weighted by molar-refractivity contribution is -0.132. The molecule has 1 aliphatic rings. The van der Waals surface area contributed by atoms with Crippen molar-refractivity contribution in [2.45, 2.75) is 38.7 Å². The first-order valence-corrected chi connectivity index (χ1v) is 9.28. The van der Waals surface area contributed by atoms with E-state index in [1.54, 1.807) is 7.11 Å². The van der Waals surface area contributed by atoms with Gasteiger partial charge in [-0.1, -0.05) is 35.9 Å². The van der Waals surface area contributed by atoms with E-state index in [9.17, 15) is 4.79 Å². The third-order valence-corrected chi connectivity index (χ3v) is 4.92. The lowest BCUT2D eigenvalue weighted by Crippen LogP contribution is -2.41. The molecule has 0 unspecified atom stereocenters. The number of nitrogens with zero attached hydrogens (tertiary/aromatic N) is 1. The summed E-state index contributed by atoms with van der Waals surface area (Å²) in [6, 6.07) is 16.0. The normalized spacial score (nSPS) is 14.9. The molecule has 0 spiro atoms. The van der Waals surface area contributed by atoms with Crippen LogP contribution in [0.1, 0.15) is 30.4 Å². The van der Waals surface area contributed by atoms with Crippen LogP contribution < -0.4 is 9.47 Å². The number of carbonyl (C=O) groups is 1. The Labute approximate surface area is 155 Å². The maximum absolute atomic E-state index is 12.5. The highest BCUT2D eigenvalue weighted by Gasteiger charge is 2.23. The fraction of sp³-hybridized carbons (Fsp3) is 0.409. The van der Waals surface area contributed by atoms with E-state index in [0.29, 0.717) is 12.8 Å². The highest BCUT2D eigenvalue weighted by molar-refractivity contribution is 5.76. The zero-order chi connectivity index (χ0) is 18.4. The Balaban J connectivity index is 1.45. The first-order chi connectivity index (χ1) is 12.7. The molecule has 1 heterocycles. The molecule has 1 fully saturated rings. The summed E-state index contributed by atoms with van der Waals surface area (Å²) < 4.78 is 11.4. The Kier molecular flexibility index (Phi) is 6.16. The van der Waals surface area contributed by atoms with E-state index in [2.05, 4.69) is 19.1 Å². The number of likely N-dealkylation sites (tertiary alicyclic amines) is 1. The maximum Gasteiger partial charge on any atom is 0.222 e. The van der Waals surface area contributed by atoms with Gasteiger partial charge in [0.25, 0.3) is 0 Å². The highest BCUT2D eigenvalue weighted by atomic mass is 16.5. The quantitative estimate of drug-likeness (QED) is 0.788. The van der Waals surface area contributed by atoms with Crippen molar-refractivity contribution in [3.63, 3.8) is 0 Å². The molecule has 0 aromatic heterocycles. The number of piperidine rings is 1. The Hall–Kier alpha value is -2.49. The zero-order valence-electron chi connectivity index (χ0n) is 15.6. The maximum atomic E-state index is 12.5. The number of hydrogen-bond acceptors (Lipinski definition) is 3. The fourth-order valence-corrected chi connectivity index (χ4v) is 3.34. The number of carbonyl (C=O) groups excluding carboxylic acids is 1. The van der Waals surface area contributed by atoms with Crippen molar-refractivity contribution in [2.75, 3.05) is 20.2 Å². The molecule has 1 saturated heterocycles. The van der Waals surface area contributed by atoms with Crippen molar-refractivity contribution in [1.29, 1.82) is 0 Å². The van der Waals surface area contributed by atoms with Crippen molar-refractivity contribution in [1.82, 2.24) is 4.90 Å². The van der Waals surface area contributed by atoms with Crippen molar-refractivity contribution in [3.05, 3.63) is 59.7 Å². The van der Waals surface area contributed by atoms with E-state index in [4.69, 9.17) is 9.47 Å². The second-order valence-corrected chi connectivity index (χ2v) is 6.82. The number of rotatable bonds is 6. The van der Waals surface area contributed by atoms with Gasteiger partial charge in [-0.15, -0.1) is 0 Å². The van der Waals surface area contributed by atoms with Crippen LogP contribution in [0.2, 0.25) is 0 Å². The van der Waals surface area contributed by atoms with Crippen LogP contribution in [0, 0.1) is 6.92 Å². The van der Waals surface area contributed by atoms with Crippen molar-refractivity contribution >= 4 is 5.91 Å². The molecule has 4 nitrogen and oxygen atoms in total. The second kappa shape index (κ2) is 8.75. The minimum Gasteiger partial charge on any atom is -0.496 e. The van der Waals surface area contributed by atoms with Gasteiger partial charge in [-0.3, -0.25) is 4.79 Å². The molecule has 2 aromatic carbocycles. The van der Waals surface area contributed by atoms with Crippen molar-refractivity contribution in [3.8, 4) is 11.5 Å². The molecule has 1 aliphatic heterocycles. The largest absolute Gasteiger partial charge is 0.496 e. The summed E-state index contributed by atoms with van der Waals surface area (Å²) in [5, 5.41) is 0. The van der Waals surface area contributed by atoms with Crippen LogP contribution in [0.4, 0.5) is 0 Å². The molecule has 0 bridgehead atoms. The Morgan fingerprint density at radius 1 is 1.08 bits per heavy atom. The number of amides is 1. The number of aryl methyl sites for hydroxylation is 2. The van der Waals surface area contributed by atoms with Crippen LogP contribution in [0.25, 0.3) is 0 Å². The predicted octanol–water partition coefficient (Wildman–Crippen LogP) is 4.01. The van der Waals surface area contributed by atoms with Gasteiger partial charge in [0.15, 0.2) is 0 Å². The summed E-state index contributed by atoms with van der Waals surface area (Å²) in [7, 11) is 1.67. The molecule has 0 N–H and O–H groups in total. The minimum absolute atomic E-state index is 0.191. The lowest BCUT2D eigenvalue weighted by atomic mass is 10.0. The molecule has 0 aliphatic carbocycles. The highest BCUT2D eigenvalue weighted by Crippen LogP contribution is 2.22. The number of ether oxygens (including phenoxy) is 2. The van der Waals surface area contributed by atoms with Gasteiger partial charge in [0.1, 0.15) is 17.6 Å². The number of para-hydroxylation sites is 1. The van der Waals surface area contributed by atoms with Crippen LogP contribution in [0.15, 0.2) is 48.5 Å². The molecular formula is C22H27NO3. The molecule has 0 radical (unpaired) electrons. The van der Waals surface area contributed by atoms with Gasteiger partial charge >= 0.3 is 0 Å². The average Bonchev–Trinajstić information content (AvgIpc) is 2.68. The Morgan fingerprint density at radius 2 is 1.77 bits per heavy atom. The van der Waals surface area contributed by atoms with Gasteiger partial charge in [-0.25, -0.2) is 0 Å². The smallest absolute Gasteiger partial charge is 0.222 e. The third kappa shape index (κ3) is 4.78. The molecule has 0 atom stereocenters. The van der Waals surface area contributed by atoms with Crippen LogP contribution >= 0.6 is 0 Å². The van der Waals surface area contributed by atoms with Crippen LogP contribution in [0.3, 0.4) is 0 Å². The molecule has 2 aromatic rings. The second-order valence-electron chi connectivity index (χ2n) is 6.82. The zero-order valence-corrected chi connectivity index (χ0v) is 15.6. The minimum atomic E-state index is 0.191. The Morgan fingerprint density at radius 3 is 2.46 bits per heavy atom. The van der Waals surface area contributed by atoms with E-state index in [0.717, 1.165) is 43.0 Å². The van der Waals surface area contributed by atoms with Crippen LogP contribution in [-0.2, 0) is 11.2 Å². The SMILES string of the molecule is COc1ccccc1CCC(=O)N1CCC(Oc2ccc(C)cc2)CC1.